The highest BCUT2D eigenvalue weighted by Crippen LogP contribution is 2.30. The number of pyridine rings is 1. The first-order chi connectivity index (χ1) is 15.6. The van der Waals surface area contributed by atoms with Gasteiger partial charge in [0.1, 0.15) is 27.9 Å². The number of nitrogens with one attached hydrogen (secondary N) is 1. The molecule has 33 heavy (non-hydrogen) atoms. The van der Waals surface area contributed by atoms with E-state index in [1.54, 1.807) is 18.0 Å². The monoisotopic (exact) mass is 473 g/mol. The number of carbonyl (C=O) groups is 2. The lowest BCUT2D eigenvalue weighted by molar-refractivity contribution is -0.154. The SMILES string of the molecule is COc1ccc(Cn2ncc3c(NCCCC(=O)OC(C)(C)C)nc(Cl)c(C(N)=O)c32)cc1. The Morgan fingerprint density at radius 1 is 1.21 bits per heavy atom. The van der Waals surface area contributed by atoms with Crippen LogP contribution in [-0.2, 0) is 16.1 Å². The van der Waals surface area contributed by atoms with Gasteiger partial charge in [0.2, 0.25) is 0 Å². The summed E-state index contributed by atoms with van der Waals surface area (Å²) in [5.41, 5.74) is 6.64. The van der Waals surface area contributed by atoms with Crippen LogP contribution >= 0.6 is 11.6 Å². The predicted molar refractivity (Wildman–Crippen MR) is 127 cm³/mol. The van der Waals surface area contributed by atoms with Crippen molar-refractivity contribution < 1.29 is 19.1 Å². The summed E-state index contributed by atoms with van der Waals surface area (Å²) >= 11 is 6.33. The molecular weight excluding hydrogens is 446 g/mol. The van der Waals surface area contributed by atoms with E-state index in [0.29, 0.717) is 36.2 Å². The summed E-state index contributed by atoms with van der Waals surface area (Å²) in [5.74, 6) is 0.250. The smallest absolute Gasteiger partial charge is 0.306 e. The summed E-state index contributed by atoms with van der Waals surface area (Å²) < 4.78 is 12.2. The number of methoxy groups -OCH3 is 1. The molecule has 3 N–H and O–H groups in total. The Balaban J connectivity index is 1.82. The van der Waals surface area contributed by atoms with Crippen molar-refractivity contribution >= 4 is 40.2 Å². The van der Waals surface area contributed by atoms with Crippen LogP contribution in [0.2, 0.25) is 5.15 Å². The first kappa shape index (κ1) is 24.3. The van der Waals surface area contributed by atoms with Crippen molar-refractivity contribution in [1.29, 1.82) is 0 Å². The molecule has 0 radical (unpaired) electrons. The van der Waals surface area contributed by atoms with Crippen LogP contribution in [0.25, 0.3) is 10.9 Å². The lowest BCUT2D eigenvalue weighted by Crippen LogP contribution is -2.24. The van der Waals surface area contributed by atoms with Gasteiger partial charge in [-0.05, 0) is 44.9 Å². The molecule has 3 rings (SSSR count). The maximum Gasteiger partial charge on any atom is 0.306 e. The Kier molecular flexibility index (Phi) is 7.43. The fraction of sp³-hybridized carbons (Fsp3) is 0.391. The fourth-order valence-electron chi connectivity index (χ4n) is 3.34. The van der Waals surface area contributed by atoms with E-state index >= 15 is 0 Å². The highest BCUT2D eigenvalue weighted by molar-refractivity contribution is 6.34. The van der Waals surface area contributed by atoms with E-state index in [2.05, 4.69) is 15.4 Å². The van der Waals surface area contributed by atoms with E-state index in [1.165, 1.54) is 0 Å². The Morgan fingerprint density at radius 3 is 2.52 bits per heavy atom. The second kappa shape index (κ2) is 10.1. The van der Waals surface area contributed by atoms with Crippen LogP contribution in [0, 0.1) is 0 Å². The average molecular weight is 474 g/mol. The first-order valence-corrected chi connectivity index (χ1v) is 10.9. The van der Waals surface area contributed by atoms with E-state index in [0.717, 1.165) is 11.3 Å². The Hall–Kier alpha value is -3.33. The molecule has 3 aromatic rings. The molecule has 0 spiro atoms. The number of benzene rings is 1. The van der Waals surface area contributed by atoms with Crippen molar-refractivity contribution in [2.24, 2.45) is 5.73 Å². The van der Waals surface area contributed by atoms with Crippen molar-refractivity contribution in [1.82, 2.24) is 14.8 Å². The van der Waals surface area contributed by atoms with Crippen LogP contribution < -0.4 is 15.8 Å². The fourth-order valence-corrected chi connectivity index (χ4v) is 3.61. The number of hydrogen-bond acceptors (Lipinski definition) is 7. The second-order valence-electron chi connectivity index (χ2n) is 8.52. The molecule has 0 saturated heterocycles. The Morgan fingerprint density at radius 2 is 1.91 bits per heavy atom. The lowest BCUT2D eigenvalue weighted by atomic mass is 10.1. The molecule has 10 heteroatoms. The minimum absolute atomic E-state index is 0.0128. The quantitative estimate of drug-likeness (QED) is 0.275. The van der Waals surface area contributed by atoms with Crippen LogP contribution in [0.4, 0.5) is 5.82 Å². The summed E-state index contributed by atoms with van der Waals surface area (Å²) in [5, 5.41) is 8.22. The van der Waals surface area contributed by atoms with Crippen LogP contribution in [0.1, 0.15) is 49.5 Å². The van der Waals surface area contributed by atoms with Gasteiger partial charge in [-0.25, -0.2) is 4.98 Å². The third kappa shape index (κ3) is 6.13. The molecule has 0 atom stereocenters. The van der Waals surface area contributed by atoms with Gasteiger partial charge >= 0.3 is 5.97 Å². The van der Waals surface area contributed by atoms with Crippen LogP contribution in [0.15, 0.2) is 30.5 Å². The summed E-state index contributed by atoms with van der Waals surface area (Å²) in [7, 11) is 1.60. The molecule has 1 aromatic carbocycles. The topological polar surface area (TPSA) is 121 Å². The van der Waals surface area contributed by atoms with Crippen molar-refractivity contribution in [3.63, 3.8) is 0 Å². The number of amides is 1. The molecule has 2 heterocycles. The third-order valence-electron chi connectivity index (χ3n) is 4.76. The summed E-state index contributed by atoms with van der Waals surface area (Å²) in [6.07, 6.45) is 2.41. The van der Waals surface area contributed by atoms with Crippen molar-refractivity contribution in [3.05, 3.63) is 46.7 Å². The van der Waals surface area contributed by atoms with Gasteiger partial charge in [0.05, 0.1) is 30.8 Å². The third-order valence-corrected chi connectivity index (χ3v) is 5.03. The normalized spacial score (nSPS) is 11.4. The predicted octanol–water partition coefficient (Wildman–Crippen LogP) is 3.77. The Labute approximate surface area is 197 Å². The Bertz CT molecular complexity index is 1150. The van der Waals surface area contributed by atoms with Gasteiger partial charge in [-0.15, -0.1) is 0 Å². The van der Waals surface area contributed by atoms with Gasteiger partial charge in [0.15, 0.2) is 0 Å². The van der Waals surface area contributed by atoms with Gasteiger partial charge in [-0.3, -0.25) is 14.3 Å². The molecular formula is C23H28ClN5O4. The molecule has 1 amide bonds. The molecule has 0 fully saturated rings. The molecule has 0 aliphatic heterocycles. The number of halogens is 1. The number of aromatic nitrogens is 3. The lowest BCUT2D eigenvalue weighted by Gasteiger charge is -2.19. The number of anilines is 1. The molecule has 9 nitrogen and oxygen atoms in total. The number of nitrogens with two attached hydrogens (primary N) is 1. The van der Waals surface area contributed by atoms with Gasteiger partial charge in [-0.1, -0.05) is 23.7 Å². The van der Waals surface area contributed by atoms with Crippen molar-refractivity contribution in [3.8, 4) is 5.75 Å². The molecule has 0 saturated carbocycles. The minimum atomic E-state index is -0.689. The second-order valence-corrected chi connectivity index (χ2v) is 8.88. The van der Waals surface area contributed by atoms with Crippen LogP contribution in [0.5, 0.6) is 5.75 Å². The zero-order valence-electron chi connectivity index (χ0n) is 19.1. The van der Waals surface area contributed by atoms with Gasteiger partial charge < -0.3 is 20.5 Å². The number of hydrogen-bond donors (Lipinski definition) is 2. The highest BCUT2D eigenvalue weighted by atomic mass is 35.5. The van der Waals surface area contributed by atoms with Gasteiger partial charge in [0.25, 0.3) is 5.91 Å². The van der Waals surface area contributed by atoms with E-state index < -0.39 is 11.5 Å². The van der Waals surface area contributed by atoms with Crippen molar-refractivity contribution in [2.75, 3.05) is 19.0 Å². The number of ether oxygens (including phenoxy) is 2. The highest BCUT2D eigenvalue weighted by Gasteiger charge is 2.21. The summed E-state index contributed by atoms with van der Waals surface area (Å²) in [4.78, 5) is 28.4. The molecule has 176 valence electrons. The molecule has 0 bridgehead atoms. The van der Waals surface area contributed by atoms with Crippen LogP contribution in [-0.4, -0.2) is 45.9 Å². The average Bonchev–Trinajstić information content (AvgIpc) is 3.13. The zero-order valence-corrected chi connectivity index (χ0v) is 19.9. The zero-order chi connectivity index (χ0) is 24.2. The van der Waals surface area contributed by atoms with Crippen LogP contribution in [0.3, 0.4) is 0 Å². The van der Waals surface area contributed by atoms with Gasteiger partial charge in [0, 0.05) is 13.0 Å². The minimum Gasteiger partial charge on any atom is -0.497 e. The maximum atomic E-state index is 12.2. The van der Waals surface area contributed by atoms with Crippen molar-refractivity contribution in [2.45, 2.75) is 45.8 Å². The standard InChI is InChI=1S/C23H28ClN5O4/c1-23(2,3)33-17(30)6-5-11-26-22-16-12-27-29(13-14-7-9-15(32-4)10-8-14)19(16)18(21(25)31)20(24)28-22/h7-10,12H,5-6,11,13H2,1-4H3,(H2,25,31)(H,26,28). The number of fused-ring (bicyclic) bond motifs is 1. The van der Waals surface area contributed by atoms with E-state index in [9.17, 15) is 9.59 Å². The number of nitrogens with zero attached hydrogens (tertiary/aromatic N) is 3. The van der Waals surface area contributed by atoms with E-state index in [4.69, 9.17) is 26.8 Å². The summed E-state index contributed by atoms with van der Waals surface area (Å²) in [6, 6.07) is 7.52. The largest absolute Gasteiger partial charge is 0.497 e. The number of carbonyl (C=O) groups excluding carboxylic acids is 2. The molecule has 0 aliphatic rings. The van der Waals surface area contributed by atoms with Gasteiger partial charge in [-0.2, -0.15) is 5.10 Å². The molecule has 0 unspecified atom stereocenters. The number of primary amides is 1. The summed E-state index contributed by atoms with van der Waals surface area (Å²) in [6.45, 7) is 6.34. The van der Waals surface area contributed by atoms with E-state index in [1.807, 2.05) is 45.0 Å². The maximum absolute atomic E-state index is 12.2. The number of esters is 1. The molecule has 0 aliphatic carbocycles. The first-order valence-electron chi connectivity index (χ1n) is 10.5. The molecule has 2 aromatic heterocycles. The van der Waals surface area contributed by atoms with E-state index in [-0.39, 0.29) is 23.1 Å². The number of rotatable bonds is 9.